The molecule has 1 atom stereocenters. The van der Waals surface area contributed by atoms with E-state index in [1.165, 1.54) is 15.6 Å². The maximum atomic E-state index is 12.4. The molecule has 9 nitrogen and oxygen atoms in total. The van der Waals surface area contributed by atoms with Gasteiger partial charge in [0, 0.05) is 12.6 Å². The van der Waals surface area contributed by atoms with Gasteiger partial charge in [-0.3, -0.25) is 4.79 Å². The van der Waals surface area contributed by atoms with E-state index >= 15 is 0 Å². The van der Waals surface area contributed by atoms with Crippen LogP contribution in [0.3, 0.4) is 0 Å². The molecular formula is C19H21N3O6. The average molecular weight is 387 g/mol. The minimum atomic E-state index is -1.02. The molecule has 28 heavy (non-hydrogen) atoms. The minimum Gasteiger partial charge on any atom is -0.480 e. The fourth-order valence-corrected chi connectivity index (χ4v) is 3.07. The summed E-state index contributed by atoms with van der Waals surface area (Å²) >= 11 is 0. The number of carboxylic acids is 1. The molecule has 0 spiro atoms. The molecule has 0 unspecified atom stereocenters. The molecule has 9 heteroatoms. The Bertz CT molecular complexity index is 864. The number of carbonyl (C=O) groups is 3. The highest BCUT2D eigenvalue weighted by Crippen LogP contribution is 2.22. The van der Waals surface area contributed by atoms with Gasteiger partial charge in [-0.05, 0) is 31.9 Å². The number of hydrogen-bond acceptors (Lipinski definition) is 6. The van der Waals surface area contributed by atoms with Gasteiger partial charge in [-0.15, -0.1) is 0 Å². The quantitative estimate of drug-likeness (QED) is 0.717. The van der Waals surface area contributed by atoms with E-state index in [1.807, 2.05) is 6.07 Å². The van der Waals surface area contributed by atoms with E-state index in [9.17, 15) is 19.5 Å². The second-order valence-electron chi connectivity index (χ2n) is 6.21. The highest BCUT2D eigenvalue weighted by molar-refractivity contribution is 5.88. The van der Waals surface area contributed by atoms with Crippen molar-refractivity contribution in [2.24, 2.45) is 0 Å². The van der Waals surface area contributed by atoms with Crippen molar-refractivity contribution in [2.75, 3.05) is 19.8 Å². The first kappa shape index (κ1) is 19.4. The van der Waals surface area contributed by atoms with E-state index < -0.39 is 23.9 Å². The molecule has 1 fully saturated rings. The fourth-order valence-electron chi connectivity index (χ4n) is 3.07. The van der Waals surface area contributed by atoms with Crippen LogP contribution in [0.5, 0.6) is 5.88 Å². The molecule has 2 heterocycles. The van der Waals surface area contributed by atoms with E-state index in [2.05, 4.69) is 5.10 Å². The lowest BCUT2D eigenvalue weighted by molar-refractivity contribution is -0.149. The van der Waals surface area contributed by atoms with E-state index in [-0.39, 0.29) is 24.8 Å². The number of hydrogen-bond donors (Lipinski definition) is 1. The lowest BCUT2D eigenvalue weighted by Gasteiger charge is -2.21. The SMILES string of the molecule is CCOC(=O)c1cc(OCC(=O)N2CCC[C@H]2C(=O)O)n(-c2ccccc2)n1. The number of para-hydroxylation sites is 1. The van der Waals surface area contributed by atoms with Crippen LogP contribution >= 0.6 is 0 Å². The predicted molar refractivity (Wildman–Crippen MR) is 97.4 cm³/mol. The normalized spacial score (nSPS) is 16.0. The number of ether oxygens (including phenoxy) is 2. The highest BCUT2D eigenvalue weighted by atomic mass is 16.5. The zero-order valence-electron chi connectivity index (χ0n) is 15.4. The van der Waals surface area contributed by atoms with E-state index in [0.29, 0.717) is 25.1 Å². The van der Waals surface area contributed by atoms with Crippen LogP contribution < -0.4 is 4.74 Å². The zero-order chi connectivity index (χ0) is 20.1. The molecule has 1 amide bonds. The third kappa shape index (κ3) is 4.13. The largest absolute Gasteiger partial charge is 0.480 e. The molecule has 1 aromatic carbocycles. The van der Waals surface area contributed by atoms with Gasteiger partial charge in [0.2, 0.25) is 5.88 Å². The Labute approximate surface area is 161 Å². The Kier molecular flexibility index (Phi) is 5.93. The second kappa shape index (κ2) is 8.55. The maximum Gasteiger partial charge on any atom is 0.358 e. The molecule has 0 saturated carbocycles. The van der Waals surface area contributed by atoms with Gasteiger partial charge in [-0.1, -0.05) is 18.2 Å². The number of amides is 1. The van der Waals surface area contributed by atoms with Crippen LogP contribution in [0.25, 0.3) is 5.69 Å². The zero-order valence-corrected chi connectivity index (χ0v) is 15.4. The Balaban J connectivity index is 1.79. The molecule has 1 aliphatic rings. The third-order valence-corrected chi connectivity index (χ3v) is 4.36. The van der Waals surface area contributed by atoms with E-state index in [4.69, 9.17) is 9.47 Å². The number of likely N-dealkylation sites (tertiary alicyclic amines) is 1. The van der Waals surface area contributed by atoms with Crippen molar-refractivity contribution in [1.29, 1.82) is 0 Å². The summed E-state index contributed by atoms with van der Waals surface area (Å²) in [6.45, 7) is 1.92. The fraction of sp³-hybridized carbons (Fsp3) is 0.368. The van der Waals surface area contributed by atoms with Crippen molar-refractivity contribution in [1.82, 2.24) is 14.7 Å². The molecule has 148 valence electrons. The summed E-state index contributed by atoms with van der Waals surface area (Å²) in [5, 5.41) is 13.4. The van der Waals surface area contributed by atoms with Crippen LogP contribution in [0.4, 0.5) is 0 Å². The number of aromatic nitrogens is 2. The maximum absolute atomic E-state index is 12.4. The molecule has 1 aliphatic heterocycles. The molecule has 0 aliphatic carbocycles. The van der Waals surface area contributed by atoms with Crippen LogP contribution in [-0.4, -0.2) is 63.4 Å². The first-order valence-electron chi connectivity index (χ1n) is 8.99. The molecule has 2 aromatic rings. The topological polar surface area (TPSA) is 111 Å². The van der Waals surface area contributed by atoms with Crippen molar-refractivity contribution >= 4 is 17.8 Å². The second-order valence-corrected chi connectivity index (χ2v) is 6.21. The summed E-state index contributed by atoms with van der Waals surface area (Å²) in [6.07, 6.45) is 1.06. The van der Waals surface area contributed by atoms with E-state index in [1.54, 1.807) is 31.2 Å². The Morgan fingerprint density at radius 2 is 2.00 bits per heavy atom. The summed E-state index contributed by atoms with van der Waals surface area (Å²) in [7, 11) is 0. The van der Waals surface area contributed by atoms with Gasteiger partial charge in [0.1, 0.15) is 6.04 Å². The van der Waals surface area contributed by atoms with Crippen molar-refractivity contribution in [3.8, 4) is 11.6 Å². The summed E-state index contributed by atoms with van der Waals surface area (Å²) in [5.41, 5.74) is 0.697. The minimum absolute atomic E-state index is 0.0535. The smallest absolute Gasteiger partial charge is 0.358 e. The van der Waals surface area contributed by atoms with Gasteiger partial charge in [0.25, 0.3) is 5.91 Å². The van der Waals surface area contributed by atoms with Crippen LogP contribution in [0.1, 0.15) is 30.3 Å². The molecular weight excluding hydrogens is 366 g/mol. The number of nitrogens with zero attached hydrogens (tertiary/aromatic N) is 3. The highest BCUT2D eigenvalue weighted by Gasteiger charge is 2.34. The van der Waals surface area contributed by atoms with Gasteiger partial charge in [0.15, 0.2) is 12.3 Å². The van der Waals surface area contributed by atoms with Gasteiger partial charge >= 0.3 is 11.9 Å². The van der Waals surface area contributed by atoms with Crippen LogP contribution in [0.15, 0.2) is 36.4 Å². The van der Waals surface area contributed by atoms with Gasteiger partial charge in [-0.2, -0.15) is 5.10 Å². The number of aliphatic carboxylic acids is 1. The predicted octanol–water partition coefficient (Wildman–Crippen LogP) is 1.50. The van der Waals surface area contributed by atoms with Gasteiger partial charge < -0.3 is 19.5 Å². The molecule has 0 radical (unpaired) electrons. The lowest BCUT2D eigenvalue weighted by Crippen LogP contribution is -2.42. The van der Waals surface area contributed by atoms with Crippen LogP contribution in [0, 0.1) is 0 Å². The van der Waals surface area contributed by atoms with Crippen molar-refractivity contribution in [3.05, 3.63) is 42.1 Å². The average Bonchev–Trinajstić information content (AvgIpc) is 3.34. The third-order valence-electron chi connectivity index (χ3n) is 4.36. The summed E-state index contributed by atoms with van der Waals surface area (Å²) in [5.74, 6) is -1.86. The first-order chi connectivity index (χ1) is 13.5. The molecule has 1 N–H and O–H groups in total. The van der Waals surface area contributed by atoms with Crippen LogP contribution in [0.2, 0.25) is 0 Å². The number of benzene rings is 1. The van der Waals surface area contributed by atoms with Crippen molar-refractivity contribution in [2.45, 2.75) is 25.8 Å². The summed E-state index contributed by atoms with van der Waals surface area (Å²) in [6, 6.07) is 9.56. The number of rotatable bonds is 7. The van der Waals surface area contributed by atoms with Crippen LogP contribution in [-0.2, 0) is 14.3 Å². The Hall–Kier alpha value is -3.36. The summed E-state index contributed by atoms with van der Waals surface area (Å²) in [4.78, 5) is 37.0. The number of esters is 1. The standard InChI is InChI=1S/C19H21N3O6/c1-2-27-19(26)14-11-17(22(20-14)13-7-4-3-5-8-13)28-12-16(23)21-10-6-9-15(21)18(24)25/h3-5,7-8,11,15H,2,6,9-10,12H2,1H3,(H,24,25)/t15-/m0/s1. The van der Waals surface area contributed by atoms with Gasteiger partial charge in [0.05, 0.1) is 12.3 Å². The number of carboxylic acid groups (broad SMARTS) is 1. The van der Waals surface area contributed by atoms with Gasteiger partial charge in [-0.25, -0.2) is 14.3 Å². The first-order valence-corrected chi connectivity index (χ1v) is 8.99. The van der Waals surface area contributed by atoms with E-state index in [0.717, 1.165) is 0 Å². The molecule has 1 aromatic heterocycles. The molecule has 0 bridgehead atoms. The molecule has 1 saturated heterocycles. The Morgan fingerprint density at radius 3 is 2.68 bits per heavy atom. The summed E-state index contributed by atoms with van der Waals surface area (Å²) < 4.78 is 12.0. The lowest BCUT2D eigenvalue weighted by atomic mass is 10.2. The monoisotopic (exact) mass is 387 g/mol. The van der Waals surface area contributed by atoms with Crippen molar-refractivity contribution in [3.63, 3.8) is 0 Å². The number of carbonyl (C=O) groups excluding carboxylic acids is 2. The Morgan fingerprint density at radius 1 is 1.25 bits per heavy atom. The molecule has 3 rings (SSSR count). The van der Waals surface area contributed by atoms with Crippen molar-refractivity contribution < 1.29 is 29.0 Å².